The summed E-state index contributed by atoms with van der Waals surface area (Å²) in [7, 11) is 0. The van der Waals surface area contributed by atoms with Gasteiger partial charge < -0.3 is 9.30 Å². The predicted octanol–water partition coefficient (Wildman–Crippen LogP) is 5.90. The van der Waals surface area contributed by atoms with Crippen LogP contribution < -0.4 is 4.74 Å². The number of hydrogen-bond acceptors (Lipinski definition) is 2. The van der Waals surface area contributed by atoms with Gasteiger partial charge in [-0.1, -0.05) is 36.4 Å². The quantitative estimate of drug-likeness (QED) is 0.517. The van der Waals surface area contributed by atoms with Crippen LogP contribution >= 0.6 is 0 Å². The molecular weight excluding hydrogens is 389 g/mol. The average Bonchev–Trinajstić information content (AvgIpc) is 3.10. The fourth-order valence-electron chi connectivity index (χ4n) is 4.31. The number of hydrogen-bond donors (Lipinski definition) is 0. The van der Waals surface area contributed by atoms with Crippen molar-refractivity contribution in [2.45, 2.75) is 38.7 Å². The Morgan fingerprint density at radius 1 is 0.967 bits per heavy atom. The Morgan fingerprint density at radius 2 is 1.73 bits per heavy atom. The Hall–Kier alpha value is -2.73. The van der Waals surface area contributed by atoms with Gasteiger partial charge in [-0.15, -0.1) is 0 Å². The zero-order chi connectivity index (χ0) is 21.1. The van der Waals surface area contributed by atoms with Crippen LogP contribution in [0.3, 0.4) is 0 Å². The summed E-state index contributed by atoms with van der Waals surface area (Å²) in [5.74, 6) is 0.780. The lowest BCUT2D eigenvalue weighted by atomic mass is 9.95. The summed E-state index contributed by atoms with van der Waals surface area (Å²) in [5, 5.41) is 0. The summed E-state index contributed by atoms with van der Waals surface area (Å²) in [4.78, 5) is 2.14. The van der Waals surface area contributed by atoms with Crippen molar-refractivity contribution in [2.75, 3.05) is 13.2 Å². The van der Waals surface area contributed by atoms with Gasteiger partial charge in [0.25, 0.3) is 0 Å². The van der Waals surface area contributed by atoms with Crippen LogP contribution in [0, 0.1) is 0 Å². The Kier molecular flexibility index (Phi) is 5.86. The van der Waals surface area contributed by atoms with Gasteiger partial charge >= 0.3 is 6.18 Å². The van der Waals surface area contributed by atoms with E-state index in [-0.39, 0.29) is 0 Å². The Labute approximate surface area is 174 Å². The minimum absolute atomic E-state index is 0.292. The van der Waals surface area contributed by atoms with Gasteiger partial charge in [-0.2, -0.15) is 13.2 Å². The molecule has 2 heterocycles. The lowest BCUT2D eigenvalue weighted by Crippen LogP contribution is -2.31. The maximum Gasteiger partial charge on any atom is 0.416 e. The van der Waals surface area contributed by atoms with Crippen LogP contribution in [0.5, 0.6) is 5.75 Å². The molecule has 1 aliphatic rings. The van der Waals surface area contributed by atoms with E-state index in [1.165, 1.54) is 12.1 Å². The van der Waals surface area contributed by atoms with Crippen LogP contribution in [0.25, 0.3) is 0 Å². The zero-order valence-corrected chi connectivity index (χ0v) is 16.9. The number of ether oxygens (including phenoxy) is 1. The van der Waals surface area contributed by atoms with Crippen LogP contribution in [0.4, 0.5) is 13.2 Å². The van der Waals surface area contributed by atoms with E-state index in [0.29, 0.717) is 25.3 Å². The second kappa shape index (κ2) is 8.56. The predicted molar refractivity (Wildman–Crippen MR) is 110 cm³/mol. The molecule has 4 rings (SSSR count). The Balaban J connectivity index is 1.81. The molecule has 0 saturated heterocycles. The summed E-state index contributed by atoms with van der Waals surface area (Å²) in [6, 6.07) is 17.1. The lowest BCUT2D eigenvalue weighted by molar-refractivity contribution is -0.138. The third-order valence-corrected chi connectivity index (χ3v) is 5.56. The highest BCUT2D eigenvalue weighted by atomic mass is 19.4. The average molecular weight is 414 g/mol. The topological polar surface area (TPSA) is 17.4 Å². The van der Waals surface area contributed by atoms with Crippen molar-refractivity contribution in [1.82, 2.24) is 9.47 Å². The fourth-order valence-corrected chi connectivity index (χ4v) is 4.31. The number of aromatic nitrogens is 1. The first kappa shape index (κ1) is 20.5. The number of alkyl halides is 3. The third-order valence-electron chi connectivity index (χ3n) is 5.56. The van der Waals surface area contributed by atoms with Gasteiger partial charge in [-0.05, 0) is 43.2 Å². The first-order chi connectivity index (χ1) is 14.5. The molecule has 158 valence electrons. The Bertz CT molecular complexity index is 996. The fraction of sp³-hybridized carbons (Fsp3) is 0.333. The Morgan fingerprint density at radius 3 is 2.53 bits per heavy atom. The molecule has 3 aromatic rings. The molecule has 0 spiro atoms. The molecule has 3 nitrogen and oxygen atoms in total. The number of aryl methyl sites for hydroxylation is 1. The molecule has 1 aliphatic heterocycles. The highest BCUT2D eigenvalue weighted by Gasteiger charge is 2.38. The molecule has 0 N–H and O–H groups in total. The molecule has 0 fully saturated rings. The van der Waals surface area contributed by atoms with Gasteiger partial charge in [0, 0.05) is 37.1 Å². The highest BCUT2D eigenvalue weighted by Crippen LogP contribution is 2.41. The van der Waals surface area contributed by atoms with Crippen LogP contribution in [0.1, 0.15) is 41.8 Å². The number of halogens is 3. The summed E-state index contributed by atoms with van der Waals surface area (Å²) in [5.41, 5.74) is 1.58. The summed E-state index contributed by atoms with van der Waals surface area (Å²) in [6.45, 7) is 4.46. The third kappa shape index (κ3) is 4.10. The molecule has 6 heteroatoms. The lowest BCUT2D eigenvalue weighted by Gasteiger charge is -2.32. The highest BCUT2D eigenvalue weighted by molar-refractivity contribution is 5.39. The van der Waals surface area contributed by atoms with Crippen LogP contribution in [-0.2, 0) is 19.3 Å². The maximum atomic E-state index is 13.9. The smallest absolute Gasteiger partial charge is 0.416 e. The normalized spacial score (nSPS) is 17.4. The van der Waals surface area contributed by atoms with Gasteiger partial charge in [-0.3, -0.25) is 4.90 Å². The van der Waals surface area contributed by atoms with Crippen molar-refractivity contribution in [3.63, 3.8) is 0 Å². The van der Waals surface area contributed by atoms with E-state index in [2.05, 4.69) is 9.47 Å². The molecular formula is C24H25F3N2O. The second-order valence-electron chi connectivity index (χ2n) is 7.48. The molecule has 30 heavy (non-hydrogen) atoms. The van der Waals surface area contributed by atoms with E-state index in [1.807, 2.05) is 49.5 Å². The molecule has 0 amide bonds. The summed E-state index contributed by atoms with van der Waals surface area (Å²) >= 11 is 0. The minimum Gasteiger partial charge on any atom is -0.494 e. The first-order valence-electron chi connectivity index (χ1n) is 10.2. The van der Waals surface area contributed by atoms with Gasteiger partial charge in [0.1, 0.15) is 5.75 Å². The van der Waals surface area contributed by atoms with E-state index in [0.717, 1.165) is 30.0 Å². The van der Waals surface area contributed by atoms with Crippen molar-refractivity contribution in [2.24, 2.45) is 0 Å². The van der Waals surface area contributed by atoms with E-state index < -0.39 is 17.8 Å². The zero-order valence-electron chi connectivity index (χ0n) is 16.9. The molecule has 1 aromatic heterocycles. The van der Waals surface area contributed by atoms with Gasteiger partial charge in [-0.25, -0.2) is 0 Å². The van der Waals surface area contributed by atoms with Crippen LogP contribution in [-0.4, -0.2) is 22.6 Å². The van der Waals surface area contributed by atoms with Gasteiger partial charge in [0.2, 0.25) is 0 Å². The van der Waals surface area contributed by atoms with E-state index >= 15 is 0 Å². The number of para-hydroxylation sites is 1. The van der Waals surface area contributed by atoms with E-state index in [4.69, 9.17) is 4.74 Å². The number of fused-ring (bicyclic) bond motifs is 1. The van der Waals surface area contributed by atoms with E-state index in [1.54, 1.807) is 12.1 Å². The number of benzene rings is 2. The molecule has 0 bridgehead atoms. The molecule has 1 atom stereocenters. The van der Waals surface area contributed by atoms with Crippen molar-refractivity contribution in [3.05, 3.63) is 89.2 Å². The van der Waals surface area contributed by atoms with Gasteiger partial charge in [0.05, 0.1) is 18.2 Å². The van der Waals surface area contributed by atoms with Crippen molar-refractivity contribution in [1.29, 1.82) is 0 Å². The second-order valence-corrected chi connectivity index (χ2v) is 7.48. The largest absolute Gasteiger partial charge is 0.494 e. The summed E-state index contributed by atoms with van der Waals surface area (Å²) < 4.78 is 49.5. The van der Waals surface area contributed by atoms with E-state index in [9.17, 15) is 13.2 Å². The first-order valence-corrected chi connectivity index (χ1v) is 10.2. The van der Waals surface area contributed by atoms with Crippen LogP contribution in [0.15, 0.2) is 66.9 Å². The summed E-state index contributed by atoms with van der Waals surface area (Å²) in [6.07, 6.45) is -1.59. The SMILES string of the molecule is CCOc1ccccc1CN1CCCn2cccc2C1c1ccccc1C(F)(F)F. The van der Waals surface area contributed by atoms with Crippen molar-refractivity contribution in [3.8, 4) is 5.75 Å². The number of nitrogens with zero attached hydrogens (tertiary/aromatic N) is 2. The minimum atomic E-state index is -4.41. The maximum absolute atomic E-state index is 13.9. The van der Waals surface area contributed by atoms with Gasteiger partial charge in [0.15, 0.2) is 0 Å². The molecule has 2 aromatic carbocycles. The molecule has 0 aliphatic carbocycles. The number of rotatable bonds is 5. The molecule has 0 saturated carbocycles. The van der Waals surface area contributed by atoms with Crippen molar-refractivity contribution < 1.29 is 17.9 Å². The van der Waals surface area contributed by atoms with Crippen LogP contribution in [0.2, 0.25) is 0 Å². The molecule has 0 radical (unpaired) electrons. The van der Waals surface area contributed by atoms with Crippen molar-refractivity contribution >= 4 is 0 Å². The standard InChI is InChI=1S/C24H25F3N2O/c1-2-30-22-13-6-3-9-18(22)17-29-16-8-15-28-14-7-12-21(28)23(29)19-10-4-5-11-20(19)24(25,26)27/h3-7,9-14,23H,2,8,15-17H2,1H3. The molecule has 1 unspecified atom stereocenters. The monoisotopic (exact) mass is 414 g/mol.